The normalized spacial score (nSPS) is 20.5. The molecule has 1 fully saturated rings. The molecule has 3 unspecified atom stereocenters. The molecule has 162 valence electrons. The van der Waals surface area contributed by atoms with Crippen LogP contribution in [0.4, 0.5) is 4.39 Å². The Bertz CT molecular complexity index is 854. The lowest BCUT2D eigenvalue weighted by molar-refractivity contribution is -0.0265. The first-order chi connectivity index (χ1) is 14.5. The van der Waals surface area contributed by atoms with Crippen LogP contribution < -0.4 is 15.4 Å². The van der Waals surface area contributed by atoms with E-state index in [-0.39, 0.29) is 23.7 Å². The van der Waals surface area contributed by atoms with E-state index in [1.807, 2.05) is 13.0 Å². The first kappa shape index (κ1) is 22.1. The van der Waals surface area contributed by atoms with Crippen LogP contribution in [0.15, 0.2) is 47.5 Å². The summed E-state index contributed by atoms with van der Waals surface area (Å²) in [4.78, 5) is 4.34. The van der Waals surface area contributed by atoms with Gasteiger partial charge in [0.05, 0.1) is 19.3 Å². The number of hydrogen-bond donors (Lipinski definition) is 2. The number of benzene rings is 2. The minimum atomic E-state index is -0.369. The number of ether oxygens (including phenoxy) is 2. The molecule has 0 amide bonds. The van der Waals surface area contributed by atoms with E-state index in [0.717, 1.165) is 31.6 Å². The molecular weight excluding hydrogens is 381 g/mol. The van der Waals surface area contributed by atoms with Gasteiger partial charge in [-0.1, -0.05) is 35.9 Å². The Balaban J connectivity index is 1.61. The van der Waals surface area contributed by atoms with Gasteiger partial charge in [-0.15, -0.1) is 0 Å². The first-order valence-electron chi connectivity index (χ1n) is 10.5. The van der Waals surface area contributed by atoms with E-state index in [9.17, 15) is 4.39 Å². The molecular formula is C24H32FN3O2. The van der Waals surface area contributed by atoms with Crippen LogP contribution in [0, 0.1) is 18.7 Å². The van der Waals surface area contributed by atoms with Gasteiger partial charge in [-0.2, -0.15) is 0 Å². The van der Waals surface area contributed by atoms with Crippen molar-refractivity contribution < 1.29 is 13.9 Å². The molecule has 3 atom stereocenters. The van der Waals surface area contributed by atoms with Crippen molar-refractivity contribution in [1.29, 1.82) is 0 Å². The molecule has 1 aliphatic heterocycles. The van der Waals surface area contributed by atoms with Crippen LogP contribution >= 0.6 is 0 Å². The smallest absolute Gasteiger partial charge is 0.191 e. The number of guanidine groups is 1. The number of aliphatic imine (C=N–C) groups is 1. The number of methoxy groups -OCH3 is 1. The zero-order chi connectivity index (χ0) is 21.5. The summed E-state index contributed by atoms with van der Waals surface area (Å²) in [5.41, 5.74) is 3.30. The van der Waals surface area contributed by atoms with E-state index in [0.29, 0.717) is 11.9 Å². The summed E-state index contributed by atoms with van der Waals surface area (Å²) in [5.74, 6) is 0.917. The van der Waals surface area contributed by atoms with Gasteiger partial charge in [0.25, 0.3) is 0 Å². The molecule has 1 saturated heterocycles. The van der Waals surface area contributed by atoms with Gasteiger partial charge >= 0.3 is 0 Å². The molecule has 1 heterocycles. The largest absolute Gasteiger partial charge is 0.494 e. The van der Waals surface area contributed by atoms with Crippen molar-refractivity contribution in [3.8, 4) is 5.75 Å². The monoisotopic (exact) mass is 413 g/mol. The molecule has 0 bridgehead atoms. The van der Waals surface area contributed by atoms with Gasteiger partial charge < -0.3 is 20.1 Å². The van der Waals surface area contributed by atoms with Gasteiger partial charge in [0.1, 0.15) is 0 Å². The molecule has 2 aromatic carbocycles. The molecule has 3 rings (SSSR count). The maximum Gasteiger partial charge on any atom is 0.191 e. The van der Waals surface area contributed by atoms with Crippen molar-refractivity contribution in [1.82, 2.24) is 10.6 Å². The van der Waals surface area contributed by atoms with Gasteiger partial charge in [-0.25, -0.2) is 4.39 Å². The number of nitrogens with zero attached hydrogens (tertiary/aromatic N) is 1. The predicted octanol–water partition coefficient (Wildman–Crippen LogP) is 4.54. The molecule has 2 N–H and O–H groups in total. The fraction of sp³-hybridized carbons (Fsp3) is 0.458. The summed E-state index contributed by atoms with van der Waals surface area (Å²) in [5, 5.41) is 6.77. The second-order valence-corrected chi connectivity index (χ2v) is 7.82. The minimum absolute atomic E-state index is 0.0815. The van der Waals surface area contributed by atoms with E-state index in [4.69, 9.17) is 9.47 Å². The molecule has 6 heteroatoms. The van der Waals surface area contributed by atoms with Gasteiger partial charge in [-0.05, 0) is 49.9 Å². The predicted molar refractivity (Wildman–Crippen MR) is 118 cm³/mol. The summed E-state index contributed by atoms with van der Waals surface area (Å²) < 4.78 is 25.1. The second-order valence-electron chi connectivity index (χ2n) is 7.82. The Kier molecular flexibility index (Phi) is 7.69. The highest BCUT2D eigenvalue weighted by atomic mass is 19.1. The molecule has 5 nitrogen and oxygen atoms in total. The lowest BCUT2D eigenvalue weighted by Crippen LogP contribution is -2.42. The van der Waals surface area contributed by atoms with E-state index in [1.165, 1.54) is 24.3 Å². The Morgan fingerprint density at radius 2 is 2.03 bits per heavy atom. The summed E-state index contributed by atoms with van der Waals surface area (Å²) in [6.45, 7) is 5.62. The van der Waals surface area contributed by atoms with E-state index >= 15 is 0 Å². The molecule has 0 radical (unpaired) electrons. The lowest BCUT2D eigenvalue weighted by Gasteiger charge is -2.33. The average Bonchev–Trinajstić information content (AvgIpc) is 2.77. The Morgan fingerprint density at radius 3 is 2.70 bits per heavy atom. The Hall–Kier alpha value is -2.60. The highest BCUT2D eigenvalue weighted by Gasteiger charge is 2.27. The highest BCUT2D eigenvalue weighted by Crippen LogP contribution is 2.33. The van der Waals surface area contributed by atoms with Gasteiger partial charge in [-0.3, -0.25) is 4.99 Å². The second kappa shape index (κ2) is 10.4. The molecule has 0 aliphatic carbocycles. The Labute approximate surface area is 178 Å². The van der Waals surface area contributed by atoms with Crippen LogP contribution in [-0.2, 0) is 4.74 Å². The lowest BCUT2D eigenvalue weighted by atomic mass is 9.89. The standard InChI is InChI=1S/C24H32FN3O2/c1-16-7-9-18(10-8-16)23-20(6-5-13-30-23)15-27-24(26-3)28-17(2)19-11-12-22(29-4)21(25)14-19/h7-12,14,17,20,23H,5-6,13,15H2,1-4H3,(H2,26,27,28). The van der Waals surface area contributed by atoms with Crippen LogP contribution in [0.3, 0.4) is 0 Å². The molecule has 30 heavy (non-hydrogen) atoms. The summed E-state index contributed by atoms with van der Waals surface area (Å²) in [6.07, 6.45) is 2.24. The third-order valence-electron chi connectivity index (χ3n) is 5.64. The van der Waals surface area contributed by atoms with Crippen molar-refractivity contribution in [3.63, 3.8) is 0 Å². The van der Waals surface area contributed by atoms with Gasteiger partial charge in [0, 0.05) is 26.1 Å². The maximum atomic E-state index is 14.0. The van der Waals surface area contributed by atoms with Gasteiger partial charge in [0.15, 0.2) is 17.5 Å². The summed E-state index contributed by atoms with van der Waals surface area (Å²) >= 11 is 0. The molecule has 0 spiro atoms. The molecule has 0 saturated carbocycles. The number of nitrogens with one attached hydrogen (secondary N) is 2. The van der Waals surface area contributed by atoms with Crippen LogP contribution in [0.1, 0.15) is 48.6 Å². The van der Waals surface area contributed by atoms with Crippen molar-refractivity contribution in [3.05, 3.63) is 65.0 Å². The summed E-state index contributed by atoms with van der Waals surface area (Å²) in [6, 6.07) is 13.5. The molecule has 0 aromatic heterocycles. The van der Waals surface area contributed by atoms with E-state index < -0.39 is 0 Å². The van der Waals surface area contributed by atoms with Crippen LogP contribution in [0.25, 0.3) is 0 Å². The zero-order valence-corrected chi connectivity index (χ0v) is 18.2. The topological polar surface area (TPSA) is 54.9 Å². The molecule has 1 aliphatic rings. The molecule has 2 aromatic rings. The van der Waals surface area contributed by atoms with Crippen molar-refractivity contribution in [2.75, 3.05) is 27.3 Å². The number of aryl methyl sites for hydroxylation is 1. The quantitative estimate of drug-likeness (QED) is 0.539. The third-order valence-corrected chi connectivity index (χ3v) is 5.64. The number of rotatable bonds is 6. The zero-order valence-electron chi connectivity index (χ0n) is 18.2. The maximum absolute atomic E-state index is 14.0. The van der Waals surface area contributed by atoms with E-state index in [2.05, 4.69) is 46.8 Å². The SMILES string of the molecule is CN=C(NCC1CCCOC1c1ccc(C)cc1)NC(C)c1ccc(OC)c(F)c1. The number of halogens is 1. The van der Waals surface area contributed by atoms with Crippen LogP contribution in [0.2, 0.25) is 0 Å². The van der Waals surface area contributed by atoms with Gasteiger partial charge in [0.2, 0.25) is 0 Å². The first-order valence-corrected chi connectivity index (χ1v) is 10.5. The van der Waals surface area contributed by atoms with Crippen LogP contribution in [-0.4, -0.2) is 33.3 Å². The van der Waals surface area contributed by atoms with E-state index in [1.54, 1.807) is 13.1 Å². The van der Waals surface area contributed by atoms with Crippen molar-refractivity contribution in [2.24, 2.45) is 10.9 Å². The average molecular weight is 414 g/mol. The number of hydrogen-bond acceptors (Lipinski definition) is 3. The Morgan fingerprint density at radius 1 is 1.27 bits per heavy atom. The minimum Gasteiger partial charge on any atom is -0.494 e. The fourth-order valence-electron chi connectivity index (χ4n) is 3.84. The van der Waals surface area contributed by atoms with Crippen molar-refractivity contribution >= 4 is 5.96 Å². The van der Waals surface area contributed by atoms with Crippen molar-refractivity contribution in [2.45, 2.75) is 38.8 Å². The third kappa shape index (κ3) is 5.51. The fourth-order valence-corrected chi connectivity index (χ4v) is 3.84. The van der Waals surface area contributed by atoms with Crippen LogP contribution in [0.5, 0.6) is 5.75 Å². The highest BCUT2D eigenvalue weighted by molar-refractivity contribution is 5.80. The summed E-state index contributed by atoms with van der Waals surface area (Å²) in [7, 11) is 3.20.